The highest BCUT2D eigenvalue weighted by Crippen LogP contribution is 2.48. The van der Waals surface area contributed by atoms with Gasteiger partial charge >= 0.3 is 11.9 Å². The van der Waals surface area contributed by atoms with Crippen LogP contribution in [0.3, 0.4) is 0 Å². The van der Waals surface area contributed by atoms with Gasteiger partial charge in [-0.1, -0.05) is 19.6 Å². The van der Waals surface area contributed by atoms with Crippen LogP contribution in [-0.4, -0.2) is 47.1 Å². The first-order valence-electron chi connectivity index (χ1n) is 9.26. The van der Waals surface area contributed by atoms with Gasteiger partial charge in [0, 0.05) is 24.0 Å². The number of ether oxygens (including phenoxy) is 3. The summed E-state index contributed by atoms with van der Waals surface area (Å²) in [6, 6.07) is 0. The number of esters is 2. The van der Waals surface area contributed by atoms with Crippen LogP contribution in [-0.2, 0) is 23.8 Å². The molecule has 1 saturated carbocycles. The van der Waals surface area contributed by atoms with Crippen LogP contribution in [0.2, 0.25) is 0 Å². The Kier molecular flexibility index (Phi) is 5.01. The summed E-state index contributed by atoms with van der Waals surface area (Å²) in [7, 11) is 0. The van der Waals surface area contributed by atoms with E-state index in [1.54, 1.807) is 19.9 Å². The molecule has 6 heteroatoms. The van der Waals surface area contributed by atoms with Gasteiger partial charge in [-0.05, 0) is 33.1 Å². The van der Waals surface area contributed by atoms with E-state index in [0.717, 1.165) is 0 Å². The number of fused-ring (bicyclic) bond motifs is 2. The van der Waals surface area contributed by atoms with Crippen LogP contribution in [0.4, 0.5) is 0 Å². The fraction of sp³-hybridized carbons (Fsp3) is 0.700. The summed E-state index contributed by atoms with van der Waals surface area (Å²) < 4.78 is 17.1. The lowest BCUT2D eigenvalue weighted by molar-refractivity contribution is -0.149. The summed E-state index contributed by atoms with van der Waals surface area (Å²) in [5.74, 6) is -1.36. The Balaban J connectivity index is 1.92. The maximum atomic E-state index is 12.4. The van der Waals surface area contributed by atoms with Gasteiger partial charge < -0.3 is 19.3 Å². The number of aliphatic hydroxyl groups is 1. The lowest BCUT2D eigenvalue weighted by Crippen LogP contribution is -2.40. The molecule has 3 aliphatic rings. The summed E-state index contributed by atoms with van der Waals surface area (Å²) in [5.41, 5.74) is 0.356. The third kappa shape index (κ3) is 3.45. The second-order valence-electron chi connectivity index (χ2n) is 8.05. The molecule has 0 bridgehead atoms. The quantitative estimate of drug-likeness (QED) is 0.460. The number of allylic oxidation sites excluding steroid dienone is 1. The molecule has 0 aromatic rings. The van der Waals surface area contributed by atoms with Crippen LogP contribution in [0.1, 0.15) is 47.0 Å². The van der Waals surface area contributed by atoms with Gasteiger partial charge in [0.25, 0.3) is 0 Å². The Labute approximate surface area is 154 Å². The maximum Gasteiger partial charge on any atom is 0.334 e. The predicted molar refractivity (Wildman–Crippen MR) is 94.1 cm³/mol. The van der Waals surface area contributed by atoms with E-state index in [2.05, 4.69) is 6.58 Å². The Morgan fingerprint density at radius 3 is 2.77 bits per heavy atom. The van der Waals surface area contributed by atoms with Crippen molar-refractivity contribution in [1.82, 2.24) is 0 Å². The molecule has 2 unspecified atom stereocenters. The molecule has 144 valence electrons. The van der Waals surface area contributed by atoms with E-state index in [4.69, 9.17) is 14.2 Å². The molecule has 0 spiro atoms. The van der Waals surface area contributed by atoms with Crippen LogP contribution >= 0.6 is 0 Å². The summed E-state index contributed by atoms with van der Waals surface area (Å²) in [6.07, 6.45) is 1.54. The monoisotopic (exact) mass is 364 g/mol. The van der Waals surface area contributed by atoms with E-state index in [-0.39, 0.29) is 12.0 Å². The number of epoxide rings is 1. The first kappa shape index (κ1) is 19.1. The minimum absolute atomic E-state index is 0.0682. The Hall–Kier alpha value is -1.66. The molecule has 0 aromatic heterocycles. The summed E-state index contributed by atoms with van der Waals surface area (Å²) in [5, 5.41) is 10.4. The van der Waals surface area contributed by atoms with Crippen molar-refractivity contribution in [2.24, 2.45) is 11.8 Å². The largest absolute Gasteiger partial charge is 0.458 e. The van der Waals surface area contributed by atoms with Gasteiger partial charge in [-0.15, -0.1) is 0 Å². The SMILES string of the molecule is C=C1C(=O)O[C@@H]2C[C@@H](C)C(O)C[C@H]3O[C@]3(C)CC(OC(=O)/C(C)=C\C)[C@@H]12. The third-order valence-corrected chi connectivity index (χ3v) is 6.10. The number of carbonyl (C=O) groups excluding carboxylic acids is 2. The second kappa shape index (κ2) is 6.82. The van der Waals surface area contributed by atoms with E-state index in [0.29, 0.717) is 30.4 Å². The van der Waals surface area contributed by atoms with Crippen LogP contribution in [0.25, 0.3) is 0 Å². The third-order valence-electron chi connectivity index (χ3n) is 6.10. The Morgan fingerprint density at radius 1 is 1.42 bits per heavy atom. The lowest BCUT2D eigenvalue weighted by atomic mass is 9.78. The van der Waals surface area contributed by atoms with Crippen molar-refractivity contribution in [1.29, 1.82) is 0 Å². The van der Waals surface area contributed by atoms with E-state index < -0.39 is 41.8 Å². The summed E-state index contributed by atoms with van der Waals surface area (Å²) in [4.78, 5) is 24.5. The van der Waals surface area contributed by atoms with E-state index in [9.17, 15) is 14.7 Å². The summed E-state index contributed by atoms with van der Waals surface area (Å²) in [6.45, 7) is 11.2. The van der Waals surface area contributed by atoms with Crippen LogP contribution in [0.15, 0.2) is 23.8 Å². The van der Waals surface area contributed by atoms with Crippen molar-refractivity contribution < 1.29 is 28.9 Å². The van der Waals surface area contributed by atoms with Crippen molar-refractivity contribution in [3.8, 4) is 0 Å². The molecule has 2 heterocycles. The Bertz CT molecular complexity index is 653. The zero-order valence-electron chi connectivity index (χ0n) is 15.9. The van der Waals surface area contributed by atoms with E-state index >= 15 is 0 Å². The molecule has 3 fully saturated rings. The number of aliphatic hydroxyl groups excluding tert-OH is 1. The molecule has 2 aliphatic heterocycles. The Morgan fingerprint density at radius 2 is 2.12 bits per heavy atom. The molecule has 7 atom stereocenters. The average molecular weight is 364 g/mol. The second-order valence-corrected chi connectivity index (χ2v) is 8.05. The van der Waals surface area contributed by atoms with Crippen molar-refractivity contribution in [2.45, 2.75) is 77.0 Å². The highest BCUT2D eigenvalue weighted by atomic mass is 16.6. The zero-order chi connectivity index (χ0) is 19.2. The molecule has 1 aliphatic carbocycles. The molecule has 6 nitrogen and oxygen atoms in total. The van der Waals surface area contributed by atoms with Crippen LogP contribution < -0.4 is 0 Å². The highest BCUT2D eigenvalue weighted by Gasteiger charge is 2.58. The van der Waals surface area contributed by atoms with Gasteiger partial charge in [0.2, 0.25) is 0 Å². The van der Waals surface area contributed by atoms with Gasteiger partial charge in [-0.25, -0.2) is 9.59 Å². The maximum absolute atomic E-state index is 12.4. The molecule has 0 amide bonds. The molecule has 2 saturated heterocycles. The van der Waals surface area contributed by atoms with Crippen molar-refractivity contribution in [2.75, 3.05) is 0 Å². The average Bonchev–Trinajstić information content (AvgIpc) is 3.11. The smallest absolute Gasteiger partial charge is 0.334 e. The molecular weight excluding hydrogens is 336 g/mol. The first-order chi connectivity index (χ1) is 12.2. The van der Waals surface area contributed by atoms with Gasteiger partial charge in [-0.3, -0.25) is 0 Å². The highest BCUT2D eigenvalue weighted by molar-refractivity contribution is 5.91. The number of hydrogen-bond donors (Lipinski definition) is 1. The fourth-order valence-corrected chi connectivity index (χ4v) is 4.04. The number of carbonyl (C=O) groups is 2. The lowest BCUT2D eigenvalue weighted by Gasteiger charge is -2.31. The number of hydrogen-bond acceptors (Lipinski definition) is 6. The molecule has 1 N–H and O–H groups in total. The minimum Gasteiger partial charge on any atom is -0.458 e. The standard InChI is InChI=1S/C20H28O6/c1-6-10(2)18(22)25-15-9-20(5)16(26-20)8-13(21)11(3)7-14-17(15)12(4)19(23)24-14/h6,11,13-17,21H,4,7-9H2,1-3,5H3/b10-6-/t11-,13?,14-,15?,16-,17+,20-/m1/s1. The molecule has 0 aromatic carbocycles. The van der Waals surface area contributed by atoms with E-state index in [1.165, 1.54) is 0 Å². The minimum atomic E-state index is -0.557. The fourth-order valence-electron chi connectivity index (χ4n) is 4.04. The van der Waals surface area contributed by atoms with Crippen molar-refractivity contribution in [3.63, 3.8) is 0 Å². The summed E-state index contributed by atoms with van der Waals surface area (Å²) >= 11 is 0. The van der Waals surface area contributed by atoms with E-state index in [1.807, 2.05) is 13.8 Å². The van der Waals surface area contributed by atoms with Crippen LogP contribution in [0, 0.1) is 11.8 Å². The topological polar surface area (TPSA) is 85.4 Å². The van der Waals surface area contributed by atoms with Gasteiger partial charge in [0.05, 0.1) is 23.7 Å². The molecule has 3 rings (SSSR count). The molecular formula is C20H28O6. The van der Waals surface area contributed by atoms with Crippen molar-refractivity contribution >= 4 is 11.9 Å². The molecule has 0 radical (unpaired) electrons. The van der Waals surface area contributed by atoms with Gasteiger partial charge in [0.15, 0.2) is 0 Å². The first-order valence-corrected chi connectivity index (χ1v) is 9.26. The van der Waals surface area contributed by atoms with Gasteiger partial charge in [0.1, 0.15) is 12.2 Å². The normalized spacial score (nSPS) is 43.2. The number of rotatable bonds is 2. The van der Waals surface area contributed by atoms with Crippen LogP contribution in [0.5, 0.6) is 0 Å². The molecule has 26 heavy (non-hydrogen) atoms. The predicted octanol–water partition coefficient (Wildman–Crippen LogP) is 2.30. The zero-order valence-corrected chi connectivity index (χ0v) is 15.9. The van der Waals surface area contributed by atoms with Gasteiger partial charge in [-0.2, -0.15) is 0 Å². The van der Waals surface area contributed by atoms with Crippen molar-refractivity contribution in [3.05, 3.63) is 23.8 Å².